The lowest BCUT2D eigenvalue weighted by Crippen LogP contribution is -2.54. The predicted octanol–water partition coefficient (Wildman–Crippen LogP) is 3.67. The number of halogens is 4. The van der Waals surface area contributed by atoms with E-state index in [4.69, 9.17) is 9.15 Å². The minimum atomic E-state index is -4.42. The van der Waals surface area contributed by atoms with Gasteiger partial charge < -0.3 is 24.7 Å². The Balaban J connectivity index is 1.24. The highest BCUT2D eigenvalue weighted by atomic mass is 19.4. The van der Waals surface area contributed by atoms with Crippen molar-refractivity contribution in [3.8, 4) is 0 Å². The molecule has 1 saturated heterocycles. The van der Waals surface area contributed by atoms with Gasteiger partial charge in [-0.05, 0) is 44.2 Å². The first kappa shape index (κ1) is 23.7. The molecule has 0 aliphatic carbocycles. The number of carbonyl (C=O) groups excluding carboxylic acids is 1. The Bertz CT molecular complexity index is 1180. The lowest BCUT2D eigenvalue weighted by Gasteiger charge is -2.42. The summed E-state index contributed by atoms with van der Waals surface area (Å²) < 4.78 is 62.7. The Hall–Kier alpha value is -3.41. The average Bonchev–Trinajstić information content (AvgIpc) is 3.14. The van der Waals surface area contributed by atoms with Crippen LogP contribution >= 0.6 is 0 Å². The molecule has 1 aliphatic heterocycles. The molecule has 0 spiro atoms. The molecule has 1 atom stereocenters. The first-order valence-electron chi connectivity index (χ1n) is 10.6. The summed E-state index contributed by atoms with van der Waals surface area (Å²) in [5, 5.41) is 5.53. The SMILES string of the molecule is Cc1ccc2oc(NCCNC(=O)c3ccc(N4CC(OC(C)C(F)(F)F)C4)cc3F)nc2n1. The van der Waals surface area contributed by atoms with Gasteiger partial charge in [0, 0.05) is 37.6 Å². The average molecular weight is 481 g/mol. The molecule has 3 aromatic rings. The monoisotopic (exact) mass is 481 g/mol. The summed E-state index contributed by atoms with van der Waals surface area (Å²) in [6.45, 7) is 3.70. The second-order valence-electron chi connectivity index (χ2n) is 7.99. The van der Waals surface area contributed by atoms with E-state index in [1.165, 1.54) is 12.1 Å². The van der Waals surface area contributed by atoms with Gasteiger partial charge in [-0.2, -0.15) is 18.2 Å². The Morgan fingerprint density at radius 3 is 2.71 bits per heavy atom. The second-order valence-corrected chi connectivity index (χ2v) is 7.99. The molecule has 1 amide bonds. The van der Waals surface area contributed by atoms with E-state index >= 15 is 0 Å². The normalized spacial score (nSPS) is 15.3. The van der Waals surface area contributed by atoms with Crippen molar-refractivity contribution in [3.05, 3.63) is 47.4 Å². The molecule has 1 unspecified atom stereocenters. The van der Waals surface area contributed by atoms with Crippen LogP contribution in [-0.2, 0) is 4.74 Å². The van der Waals surface area contributed by atoms with E-state index in [-0.39, 0.29) is 31.2 Å². The second kappa shape index (κ2) is 9.45. The van der Waals surface area contributed by atoms with Gasteiger partial charge in [-0.3, -0.25) is 4.79 Å². The number of amides is 1. The van der Waals surface area contributed by atoms with Crippen molar-refractivity contribution in [2.75, 3.05) is 36.4 Å². The zero-order valence-corrected chi connectivity index (χ0v) is 18.4. The highest BCUT2D eigenvalue weighted by molar-refractivity contribution is 5.94. The molecular weight excluding hydrogens is 458 g/mol. The van der Waals surface area contributed by atoms with Gasteiger partial charge in [-0.25, -0.2) is 9.37 Å². The topological polar surface area (TPSA) is 92.5 Å². The third-order valence-electron chi connectivity index (χ3n) is 5.35. The highest BCUT2D eigenvalue weighted by Gasteiger charge is 2.41. The quantitative estimate of drug-likeness (QED) is 0.375. The summed E-state index contributed by atoms with van der Waals surface area (Å²) in [6.07, 6.45) is -6.87. The molecule has 1 fully saturated rings. The van der Waals surface area contributed by atoms with Crippen LogP contribution in [0.4, 0.5) is 29.3 Å². The fraction of sp³-hybridized carbons (Fsp3) is 0.409. The lowest BCUT2D eigenvalue weighted by molar-refractivity contribution is -0.228. The van der Waals surface area contributed by atoms with Gasteiger partial charge >= 0.3 is 6.18 Å². The number of aryl methyl sites for hydroxylation is 1. The Labute approximate surface area is 192 Å². The standard InChI is InChI=1S/C22H23F4N5O3/c1-12-3-6-18-19(29-12)30-21(34-18)28-8-7-27-20(32)16-5-4-14(9-17(16)23)31-10-15(11-31)33-13(2)22(24,25)26/h3-6,9,13,15H,7-8,10-11H2,1-2H3,(H,27,32)(H,28,29,30). The van der Waals surface area contributed by atoms with E-state index in [0.29, 0.717) is 23.5 Å². The zero-order chi connectivity index (χ0) is 24.5. The van der Waals surface area contributed by atoms with Gasteiger partial charge in [0.15, 0.2) is 11.7 Å². The van der Waals surface area contributed by atoms with Crippen molar-refractivity contribution >= 4 is 28.8 Å². The smallest absolute Gasteiger partial charge is 0.414 e. The van der Waals surface area contributed by atoms with E-state index in [2.05, 4.69) is 20.6 Å². The van der Waals surface area contributed by atoms with Gasteiger partial charge in [0.25, 0.3) is 11.9 Å². The van der Waals surface area contributed by atoms with E-state index in [1.54, 1.807) is 23.1 Å². The van der Waals surface area contributed by atoms with E-state index < -0.39 is 30.1 Å². The fourth-order valence-electron chi connectivity index (χ4n) is 3.42. The summed E-state index contributed by atoms with van der Waals surface area (Å²) in [5.74, 6) is -1.32. The molecule has 2 N–H and O–H groups in total. The van der Waals surface area contributed by atoms with Gasteiger partial charge in [0.05, 0.1) is 11.7 Å². The van der Waals surface area contributed by atoms with Crippen LogP contribution in [0.3, 0.4) is 0 Å². The molecule has 182 valence electrons. The maximum absolute atomic E-state index is 14.5. The Morgan fingerprint density at radius 1 is 1.24 bits per heavy atom. The summed E-state index contributed by atoms with van der Waals surface area (Å²) in [6, 6.07) is 7.91. The van der Waals surface area contributed by atoms with Gasteiger partial charge in [0.1, 0.15) is 5.82 Å². The number of aromatic nitrogens is 2. The van der Waals surface area contributed by atoms with Crippen LogP contribution in [0.2, 0.25) is 0 Å². The van der Waals surface area contributed by atoms with Crippen molar-refractivity contribution < 1.29 is 31.5 Å². The van der Waals surface area contributed by atoms with E-state index in [0.717, 1.165) is 12.6 Å². The fourth-order valence-corrected chi connectivity index (χ4v) is 3.42. The summed E-state index contributed by atoms with van der Waals surface area (Å²) in [7, 11) is 0. The summed E-state index contributed by atoms with van der Waals surface area (Å²) in [5.41, 5.74) is 2.16. The van der Waals surface area contributed by atoms with Crippen molar-refractivity contribution in [2.24, 2.45) is 0 Å². The van der Waals surface area contributed by atoms with Crippen molar-refractivity contribution in [1.29, 1.82) is 0 Å². The molecule has 0 bridgehead atoms. The molecule has 8 nitrogen and oxygen atoms in total. The molecule has 0 saturated carbocycles. The number of ether oxygens (including phenoxy) is 1. The number of hydrogen-bond donors (Lipinski definition) is 2. The third kappa shape index (κ3) is 5.38. The van der Waals surface area contributed by atoms with Crippen LogP contribution < -0.4 is 15.5 Å². The largest absolute Gasteiger partial charge is 0.422 e. The van der Waals surface area contributed by atoms with Crippen molar-refractivity contribution in [3.63, 3.8) is 0 Å². The minimum absolute atomic E-state index is 0.135. The van der Waals surface area contributed by atoms with E-state index in [9.17, 15) is 22.4 Å². The number of nitrogens with one attached hydrogen (secondary N) is 2. The van der Waals surface area contributed by atoms with Crippen molar-refractivity contribution in [1.82, 2.24) is 15.3 Å². The zero-order valence-electron chi connectivity index (χ0n) is 18.4. The molecule has 3 heterocycles. The Kier molecular flexibility index (Phi) is 6.60. The number of anilines is 2. The van der Waals surface area contributed by atoms with Crippen LogP contribution in [-0.4, -0.2) is 60.4 Å². The highest BCUT2D eigenvalue weighted by Crippen LogP contribution is 2.29. The molecule has 2 aromatic heterocycles. The summed E-state index contributed by atoms with van der Waals surface area (Å²) in [4.78, 5) is 22.4. The van der Waals surface area contributed by atoms with Crippen LogP contribution in [0.5, 0.6) is 0 Å². The molecule has 4 rings (SSSR count). The van der Waals surface area contributed by atoms with Crippen LogP contribution in [0.15, 0.2) is 34.7 Å². The minimum Gasteiger partial charge on any atom is -0.422 e. The van der Waals surface area contributed by atoms with Gasteiger partial charge in [-0.15, -0.1) is 0 Å². The van der Waals surface area contributed by atoms with Gasteiger partial charge in [0.2, 0.25) is 5.65 Å². The predicted molar refractivity (Wildman–Crippen MR) is 116 cm³/mol. The maximum Gasteiger partial charge on any atom is 0.414 e. The molecule has 0 radical (unpaired) electrons. The number of rotatable bonds is 8. The maximum atomic E-state index is 14.5. The number of benzene rings is 1. The number of fused-ring (bicyclic) bond motifs is 1. The number of pyridine rings is 1. The number of carbonyl (C=O) groups is 1. The molecule has 1 aliphatic rings. The van der Waals surface area contributed by atoms with E-state index in [1.807, 2.05) is 6.92 Å². The van der Waals surface area contributed by atoms with Gasteiger partial charge in [-0.1, -0.05) is 0 Å². The van der Waals surface area contributed by atoms with Crippen molar-refractivity contribution in [2.45, 2.75) is 32.2 Å². The van der Waals surface area contributed by atoms with Crippen LogP contribution in [0.1, 0.15) is 23.0 Å². The number of oxazole rings is 1. The van der Waals surface area contributed by atoms with Crippen LogP contribution in [0, 0.1) is 12.7 Å². The summed E-state index contributed by atoms with van der Waals surface area (Å²) >= 11 is 0. The molecule has 12 heteroatoms. The number of nitrogens with zero attached hydrogens (tertiary/aromatic N) is 3. The molecule has 1 aromatic carbocycles. The first-order valence-corrected chi connectivity index (χ1v) is 10.6. The number of hydrogen-bond acceptors (Lipinski definition) is 7. The molecule has 34 heavy (non-hydrogen) atoms. The third-order valence-corrected chi connectivity index (χ3v) is 5.35. The molecular formula is C22H23F4N5O3. The number of alkyl halides is 3. The lowest BCUT2D eigenvalue weighted by atomic mass is 10.1. The Morgan fingerprint density at radius 2 is 2.00 bits per heavy atom. The first-order chi connectivity index (χ1) is 16.1. The van der Waals surface area contributed by atoms with Crippen LogP contribution in [0.25, 0.3) is 11.2 Å².